The number of nitrogens with zero attached hydrogens (tertiary/aromatic N) is 1. The average molecular weight is 337 g/mol. The fourth-order valence-corrected chi connectivity index (χ4v) is 3.12. The summed E-state index contributed by atoms with van der Waals surface area (Å²) in [6, 6.07) is 7.79. The van der Waals surface area contributed by atoms with E-state index in [1.807, 2.05) is 45.0 Å². The van der Waals surface area contributed by atoms with Gasteiger partial charge in [-0.1, -0.05) is 12.1 Å². The Morgan fingerprint density at radius 3 is 2.50 bits per heavy atom. The molecule has 0 saturated carbocycles. The van der Waals surface area contributed by atoms with E-state index in [1.54, 1.807) is 7.11 Å². The van der Waals surface area contributed by atoms with E-state index in [4.69, 9.17) is 9.47 Å². The smallest absolute Gasteiger partial charge is 0.306 e. The second kappa shape index (κ2) is 7.97. The lowest BCUT2D eigenvalue weighted by Crippen LogP contribution is -2.42. The van der Waals surface area contributed by atoms with Gasteiger partial charge in [-0.3, -0.25) is 9.69 Å². The largest absolute Gasteiger partial charge is 0.497 e. The van der Waals surface area contributed by atoms with Gasteiger partial charge in [-0.2, -0.15) is 0 Å². The minimum Gasteiger partial charge on any atom is -0.497 e. The number of esters is 1. The highest BCUT2D eigenvalue weighted by molar-refractivity contribution is 5.70. The molecule has 0 amide bonds. The van der Waals surface area contributed by atoms with Crippen LogP contribution in [0.5, 0.6) is 5.75 Å². The highest BCUT2D eigenvalue weighted by Gasteiger charge is 2.30. The molecule has 1 fully saturated rings. The van der Waals surface area contributed by atoms with Gasteiger partial charge in [-0.05, 0) is 50.8 Å². The van der Waals surface area contributed by atoms with Crippen LogP contribution in [0.25, 0.3) is 0 Å². The molecule has 5 heteroatoms. The van der Waals surface area contributed by atoms with Crippen molar-refractivity contribution in [2.45, 2.75) is 51.9 Å². The van der Waals surface area contributed by atoms with E-state index in [-0.39, 0.29) is 18.3 Å². The van der Waals surface area contributed by atoms with Crippen LogP contribution in [0.3, 0.4) is 0 Å². The minimum absolute atomic E-state index is 0.00171. The summed E-state index contributed by atoms with van der Waals surface area (Å²) in [4.78, 5) is 14.1. The Hall–Kier alpha value is -1.62. The van der Waals surface area contributed by atoms with Gasteiger partial charge in [0.05, 0.1) is 7.11 Å². The van der Waals surface area contributed by atoms with Crippen molar-refractivity contribution < 1.29 is 18.7 Å². The van der Waals surface area contributed by atoms with Gasteiger partial charge in [0, 0.05) is 26.1 Å². The number of rotatable bonds is 5. The summed E-state index contributed by atoms with van der Waals surface area (Å²) in [5, 5.41) is 0. The van der Waals surface area contributed by atoms with E-state index in [0.717, 1.165) is 11.3 Å². The third kappa shape index (κ3) is 6.11. The maximum Gasteiger partial charge on any atom is 0.306 e. The summed E-state index contributed by atoms with van der Waals surface area (Å²) < 4.78 is 24.6. The SMILES string of the molecule is COc1ccc(CN2C[C@H](F)C[C@@H](CC(=O)OC(C)(C)C)C2)cc1. The molecule has 0 N–H and O–H groups in total. The minimum atomic E-state index is -0.899. The standard InChI is InChI=1S/C19H28FNO3/c1-19(2,3)24-18(22)10-15-9-16(20)13-21(12-15)11-14-5-7-17(23-4)8-6-14/h5-8,15-16H,9-13H2,1-4H3/t15-,16+/m0/s1. The first-order chi connectivity index (χ1) is 11.2. The number of benzene rings is 1. The lowest BCUT2D eigenvalue weighted by molar-refractivity contribution is -0.156. The number of methoxy groups -OCH3 is 1. The second-order valence-corrected chi connectivity index (χ2v) is 7.53. The lowest BCUT2D eigenvalue weighted by atomic mass is 9.93. The monoisotopic (exact) mass is 337 g/mol. The summed E-state index contributed by atoms with van der Waals surface area (Å²) in [6.07, 6.45) is -0.195. The third-order valence-electron chi connectivity index (χ3n) is 4.00. The maximum atomic E-state index is 14.1. The van der Waals surface area contributed by atoms with Crippen molar-refractivity contribution in [3.63, 3.8) is 0 Å². The number of hydrogen-bond donors (Lipinski definition) is 0. The number of halogens is 1. The Morgan fingerprint density at radius 1 is 1.25 bits per heavy atom. The average Bonchev–Trinajstić information content (AvgIpc) is 2.45. The number of piperidine rings is 1. The van der Waals surface area contributed by atoms with Gasteiger partial charge in [0.1, 0.15) is 17.5 Å². The molecule has 1 aliphatic heterocycles. The van der Waals surface area contributed by atoms with E-state index < -0.39 is 11.8 Å². The number of likely N-dealkylation sites (tertiary alicyclic amines) is 1. The number of ether oxygens (including phenoxy) is 2. The van der Waals surface area contributed by atoms with Crippen molar-refractivity contribution in [2.24, 2.45) is 5.92 Å². The van der Waals surface area contributed by atoms with E-state index in [0.29, 0.717) is 26.1 Å². The quantitative estimate of drug-likeness (QED) is 0.770. The Morgan fingerprint density at radius 2 is 1.92 bits per heavy atom. The first kappa shape index (κ1) is 18.7. The molecule has 2 rings (SSSR count). The highest BCUT2D eigenvalue weighted by Crippen LogP contribution is 2.25. The second-order valence-electron chi connectivity index (χ2n) is 7.53. The summed E-state index contributed by atoms with van der Waals surface area (Å²) >= 11 is 0. The van der Waals surface area contributed by atoms with Crippen LogP contribution in [0.2, 0.25) is 0 Å². The Kier molecular flexibility index (Phi) is 6.21. The normalized spacial score (nSPS) is 22.2. The molecule has 1 heterocycles. The molecule has 2 atom stereocenters. The number of alkyl halides is 1. The Bertz CT molecular complexity index is 539. The molecule has 0 radical (unpaired) electrons. The van der Waals surface area contributed by atoms with E-state index >= 15 is 0 Å². The molecule has 0 aromatic heterocycles. The van der Waals surface area contributed by atoms with Gasteiger partial charge in [0.2, 0.25) is 0 Å². The van der Waals surface area contributed by atoms with Crippen molar-refractivity contribution in [3.05, 3.63) is 29.8 Å². The molecule has 0 bridgehead atoms. The fourth-order valence-electron chi connectivity index (χ4n) is 3.12. The van der Waals surface area contributed by atoms with Crippen molar-refractivity contribution in [1.82, 2.24) is 4.90 Å². The molecule has 1 saturated heterocycles. The Labute approximate surface area is 143 Å². The molecule has 24 heavy (non-hydrogen) atoms. The van der Waals surface area contributed by atoms with Gasteiger partial charge < -0.3 is 9.47 Å². The molecule has 134 valence electrons. The van der Waals surface area contributed by atoms with Crippen molar-refractivity contribution in [2.75, 3.05) is 20.2 Å². The van der Waals surface area contributed by atoms with Gasteiger partial charge >= 0.3 is 5.97 Å². The fraction of sp³-hybridized carbons (Fsp3) is 0.632. The van der Waals surface area contributed by atoms with Crippen molar-refractivity contribution >= 4 is 5.97 Å². The number of carbonyl (C=O) groups is 1. The molecule has 4 nitrogen and oxygen atoms in total. The molecule has 0 spiro atoms. The van der Waals surface area contributed by atoms with E-state index in [2.05, 4.69) is 4.90 Å². The zero-order valence-electron chi connectivity index (χ0n) is 15.0. The summed E-state index contributed by atoms with van der Waals surface area (Å²) in [7, 11) is 1.63. The molecule has 1 aromatic rings. The topological polar surface area (TPSA) is 38.8 Å². The third-order valence-corrected chi connectivity index (χ3v) is 4.00. The molecule has 1 aromatic carbocycles. The maximum absolute atomic E-state index is 14.1. The zero-order chi connectivity index (χ0) is 17.7. The van der Waals surface area contributed by atoms with Gasteiger partial charge in [-0.15, -0.1) is 0 Å². The first-order valence-electron chi connectivity index (χ1n) is 8.46. The van der Waals surface area contributed by atoms with Crippen LogP contribution in [-0.2, 0) is 16.1 Å². The van der Waals surface area contributed by atoms with Crippen molar-refractivity contribution in [3.8, 4) is 5.75 Å². The van der Waals surface area contributed by atoms with Crippen LogP contribution < -0.4 is 4.74 Å². The van der Waals surface area contributed by atoms with E-state index in [1.165, 1.54) is 0 Å². The van der Waals surface area contributed by atoms with Crippen LogP contribution in [0, 0.1) is 5.92 Å². The van der Waals surface area contributed by atoms with Crippen LogP contribution in [-0.4, -0.2) is 42.8 Å². The van der Waals surface area contributed by atoms with Crippen LogP contribution in [0.15, 0.2) is 24.3 Å². The molecule has 0 aliphatic carbocycles. The van der Waals surface area contributed by atoms with Gasteiger partial charge in [-0.25, -0.2) is 4.39 Å². The van der Waals surface area contributed by atoms with Gasteiger partial charge in [0.25, 0.3) is 0 Å². The first-order valence-corrected chi connectivity index (χ1v) is 8.46. The van der Waals surface area contributed by atoms with Crippen LogP contribution in [0.1, 0.15) is 39.2 Å². The predicted octanol–water partition coefficient (Wildman–Crippen LogP) is 3.59. The molecular weight excluding hydrogens is 309 g/mol. The van der Waals surface area contributed by atoms with Crippen LogP contribution >= 0.6 is 0 Å². The molecule has 0 unspecified atom stereocenters. The summed E-state index contributed by atoms with van der Waals surface area (Å²) in [5.74, 6) is 0.566. The Balaban J connectivity index is 1.90. The molecule has 1 aliphatic rings. The zero-order valence-corrected chi connectivity index (χ0v) is 15.0. The summed E-state index contributed by atoms with van der Waals surface area (Å²) in [5.41, 5.74) is 0.616. The summed E-state index contributed by atoms with van der Waals surface area (Å²) in [6.45, 7) is 7.34. The highest BCUT2D eigenvalue weighted by atomic mass is 19.1. The predicted molar refractivity (Wildman–Crippen MR) is 91.7 cm³/mol. The van der Waals surface area contributed by atoms with Crippen LogP contribution in [0.4, 0.5) is 4.39 Å². The van der Waals surface area contributed by atoms with Gasteiger partial charge in [0.15, 0.2) is 0 Å². The lowest BCUT2D eigenvalue weighted by Gasteiger charge is -2.34. The van der Waals surface area contributed by atoms with Crippen molar-refractivity contribution in [1.29, 1.82) is 0 Å². The van der Waals surface area contributed by atoms with E-state index in [9.17, 15) is 9.18 Å². The number of carbonyl (C=O) groups excluding carboxylic acids is 1. The molecular formula is C19H28FNO3. The number of hydrogen-bond acceptors (Lipinski definition) is 4.